The Morgan fingerprint density at radius 2 is 1.90 bits per heavy atom. The first kappa shape index (κ1) is 15.6. The van der Waals surface area contributed by atoms with E-state index < -0.39 is 0 Å². The molecule has 0 aliphatic rings. The summed E-state index contributed by atoms with van der Waals surface area (Å²) in [7, 11) is 0. The molecule has 0 fully saturated rings. The van der Waals surface area contributed by atoms with Gasteiger partial charge in [0.1, 0.15) is 5.75 Å². The lowest BCUT2D eigenvalue weighted by atomic mass is 10.1. The zero-order valence-corrected chi connectivity index (χ0v) is 13.8. The van der Waals surface area contributed by atoms with E-state index in [0.29, 0.717) is 18.8 Å². The molecule has 0 saturated heterocycles. The highest BCUT2D eigenvalue weighted by atomic mass is 79.9. The summed E-state index contributed by atoms with van der Waals surface area (Å²) < 4.78 is 8.47. The Morgan fingerprint density at radius 1 is 1.24 bits per heavy atom. The second-order valence-electron chi connectivity index (χ2n) is 5.07. The highest BCUT2D eigenvalue weighted by Gasteiger charge is 2.03. The van der Waals surface area contributed by atoms with Crippen molar-refractivity contribution in [3.8, 4) is 5.75 Å². The predicted octanol–water partition coefficient (Wildman–Crippen LogP) is 3.28. The summed E-state index contributed by atoms with van der Waals surface area (Å²) in [6.07, 6.45) is 2.41. The van der Waals surface area contributed by atoms with E-state index in [4.69, 9.17) is 10.5 Å². The maximum Gasteiger partial charge on any atom is 0.250 e. The lowest BCUT2D eigenvalue weighted by Crippen LogP contribution is -2.20. The van der Waals surface area contributed by atoms with Crippen molar-refractivity contribution in [2.24, 2.45) is 0 Å². The fourth-order valence-corrected chi connectivity index (χ4v) is 2.37. The van der Waals surface area contributed by atoms with Gasteiger partial charge in [0, 0.05) is 29.0 Å². The minimum atomic E-state index is -0.0421. The summed E-state index contributed by atoms with van der Waals surface area (Å²) >= 11 is 3.53. The van der Waals surface area contributed by atoms with Crippen molar-refractivity contribution in [1.29, 1.82) is 0 Å². The molecule has 0 aliphatic heterocycles. The first-order chi connectivity index (χ1) is 9.97. The van der Waals surface area contributed by atoms with Gasteiger partial charge in [0.05, 0.1) is 6.61 Å². The highest BCUT2D eigenvalue weighted by molar-refractivity contribution is 9.10. The zero-order valence-electron chi connectivity index (χ0n) is 12.2. The first-order valence-corrected chi connectivity index (χ1v) is 7.62. The molecule has 0 bridgehead atoms. The molecule has 1 aromatic carbocycles. The Bertz CT molecular complexity index is 672. The second-order valence-corrected chi connectivity index (χ2v) is 5.86. The van der Waals surface area contributed by atoms with E-state index in [-0.39, 0.29) is 5.56 Å². The van der Waals surface area contributed by atoms with Crippen LogP contribution < -0.4 is 16.0 Å². The van der Waals surface area contributed by atoms with Crippen LogP contribution in [0.3, 0.4) is 0 Å². The van der Waals surface area contributed by atoms with Gasteiger partial charge in [-0.15, -0.1) is 0 Å². The largest absolute Gasteiger partial charge is 0.494 e. The van der Waals surface area contributed by atoms with Crippen LogP contribution in [0.2, 0.25) is 0 Å². The van der Waals surface area contributed by atoms with E-state index in [0.717, 1.165) is 27.8 Å². The van der Waals surface area contributed by atoms with E-state index in [9.17, 15) is 4.79 Å². The molecule has 1 aromatic heterocycles. The van der Waals surface area contributed by atoms with Crippen molar-refractivity contribution in [3.63, 3.8) is 0 Å². The average molecular weight is 351 g/mol. The molecule has 0 unspecified atom stereocenters. The number of rotatable bonds is 5. The summed E-state index contributed by atoms with van der Waals surface area (Å²) in [6.45, 7) is 5.23. The van der Waals surface area contributed by atoms with Crippen molar-refractivity contribution in [1.82, 2.24) is 4.57 Å². The third-order valence-electron chi connectivity index (χ3n) is 3.23. The summed E-state index contributed by atoms with van der Waals surface area (Å²) in [5.41, 5.74) is 8.53. The number of ether oxygens (including phenoxy) is 1. The lowest BCUT2D eigenvalue weighted by Gasteiger charge is -2.11. The Morgan fingerprint density at radius 3 is 2.57 bits per heavy atom. The van der Waals surface area contributed by atoms with E-state index in [1.54, 1.807) is 16.8 Å². The number of nitrogens with zero attached hydrogens (tertiary/aromatic N) is 1. The van der Waals surface area contributed by atoms with Gasteiger partial charge in [-0.3, -0.25) is 4.79 Å². The topological polar surface area (TPSA) is 57.2 Å². The number of nitrogens with two attached hydrogens (primary N) is 1. The van der Waals surface area contributed by atoms with Crippen LogP contribution in [0.15, 0.2) is 39.7 Å². The van der Waals surface area contributed by atoms with Gasteiger partial charge in [-0.1, -0.05) is 15.9 Å². The van der Waals surface area contributed by atoms with Crippen molar-refractivity contribution < 1.29 is 4.74 Å². The van der Waals surface area contributed by atoms with Gasteiger partial charge >= 0.3 is 0 Å². The second kappa shape index (κ2) is 6.80. The van der Waals surface area contributed by atoms with Gasteiger partial charge in [-0.05, 0) is 49.6 Å². The molecule has 0 spiro atoms. The Labute approximate surface area is 132 Å². The maximum atomic E-state index is 11.6. The third-order valence-corrected chi connectivity index (χ3v) is 4.48. The van der Waals surface area contributed by atoms with Crippen LogP contribution in [-0.4, -0.2) is 11.2 Å². The van der Waals surface area contributed by atoms with Gasteiger partial charge in [-0.2, -0.15) is 0 Å². The van der Waals surface area contributed by atoms with Crippen LogP contribution in [0.5, 0.6) is 5.75 Å². The molecule has 112 valence electrons. The zero-order chi connectivity index (χ0) is 15.4. The molecule has 21 heavy (non-hydrogen) atoms. The fraction of sp³-hybridized carbons (Fsp3) is 0.312. The highest BCUT2D eigenvalue weighted by Crippen LogP contribution is 2.26. The smallest absolute Gasteiger partial charge is 0.250 e. The van der Waals surface area contributed by atoms with Crippen molar-refractivity contribution in [3.05, 3.63) is 56.4 Å². The molecule has 5 heteroatoms. The molecule has 2 N–H and O–H groups in total. The monoisotopic (exact) mass is 350 g/mol. The Hall–Kier alpha value is -1.75. The molecule has 0 aliphatic carbocycles. The van der Waals surface area contributed by atoms with Gasteiger partial charge in [0.15, 0.2) is 0 Å². The molecular weight excluding hydrogens is 332 g/mol. The van der Waals surface area contributed by atoms with E-state index in [1.807, 2.05) is 26.0 Å². The van der Waals surface area contributed by atoms with Crippen LogP contribution in [0.1, 0.15) is 17.5 Å². The predicted molar refractivity (Wildman–Crippen MR) is 88.8 cm³/mol. The number of anilines is 1. The molecule has 0 atom stereocenters. The van der Waals surface area contributed by atoms with Crippen molar-refractivity contribution in [2.75, 3.05) is 12.3 Å². The molecule has 0 radical (unpaired) electrons. The number of benzene rings is 1. The number of hydrogen-bond donors (Lipinski definition) is 1. The van der Waals surface area contributed by atoms with Crippen molar-refractivity contribution >= 4 is 21.6 Å². The number of aromatic nitrogens is 1. The molecule has 1 heterocycles. The molecular formula is C16H19BrN2O2. The standard InChI is InChI=1S/C16H19BrN2O2/c1-11-8-14(9-12(2)16(11)17)21-7-3-6-19-10-13(18)4-5-15(19)20/h4-5,8-10H,3,6-7,18H2,1-2H3. The van der Waals surface area contributed by atoms with E-state index >= 15 is 0 Å². The number of halogens is 1. The van der Waals surface area contributed by atoms with Crippen LogP contribution in [-0.2, 0) is 6.54 Å². The van der Waals surface area contributed by atoms with Crippen LogP contribution in [0.4, 0.5) is 5.69 Å². The van der Waals surface area contributed by atoms with Crippen LogP contribution >= 0.6 is 15.9 Å². The number of aryl methyl sites for hydroxylation is 3. The lowest BCUT2D eigenvalue weighted by molar-refractivity contribution is 0.300. The fourth-order valence-electron chi connectivity index (χ4n) is 2.14. The molecule has 0 saturated carbocycles. The molecule has 2 aromatic rings. The number of pyridine rings is 1. The summed E-state index contributed by atoms with van der Waals surface area (Å²) in [5.74, 6) is 0.855. The minimum Gasteiger partial charge on any atom is -0.494 e. The Kier molecular flexibility index (Phi) is 5.07. The van der Waals surface area contributed by atoms with Gasteiger partial charge in [0.25, 0.3) is 5.56 Å². The van der Waals surface area contributed by atoms with Crippen LogP contribution in [0.25, 0.3) is 0 Å². The Balaban J connectivity index is 1.90. The quantitative estimate of drug-likeness (QED) is 0.841. The molecule has 4 nitrogen and oxygen atoms in total. The SMILES string of the molecule is Cc1cc(OCCCn2cc(N)ccc2=O)cc(C)c1Br. The van der Waals surface area contributed by atoms with E-state index in [2.05, 4.69) is 15.9 Å². The van der Waals surface area contributed by atoms with Gasteiger partial charge in [-0.25, -0.2) is 0 Å². The van der Waals surface area contributed by atoms with Gasteiger partial charge in [0.2, 0.25) is 0 Å². The number of nitrogen functional groups attached to an aromatic ring is 1. The van der Waals surface area contributed by atoms with E-state index in [1.165, 1.54) is 6.07 Å². The van der Waals surface area contributed by atoms with Crippen LogP contribution in [0, 0.1) is 13.8 Å². The average Bonchev–Trinajstić information content (AvgIpc) is 2.44. The molecule has 2 rings (SSSR count). The normalized spacial score (nSPS) is 10.6. The van der Waals surface area contributed by atoms with Crippen molar-refractivity contribution in [2.45, 2.75) is 26.8 Å². The first-order valence-electron chi connectivity index (χ1n) is 6.83. The maximum absolute atomic E-state index is 11.6. The minimum absolute atomic E-state index is 0.0421. The third kappa shape index (κ3) is 4.11. The summed E-state index contributed by atoms with van der Waals surface area (Å²) in [6, 6.07) is 7.11. The molecule has 0 amide bonds. The summed E-state index contributed by atoms with van der Waals surface area (Å²) in [4.78, 5) is 11.6. The summed E-state index contributed by atoms with van der Waals surface area (Å²) in [5, 5.41) is 0. The van der Waals surface area contributed by atoms with Gasteiger partial charge < -0.3 is 15.0 Å². The number of hydrogen-bond acceptors (Lipinski definition) is 3.